The molecule has 0 amide bonds. The number of benzene rings is 1. The van der Waals surface area contributed by atoms with Gasteiger partial charge in [0.1, 0.15) is 0 Å². The van der Waals surface area contributed by atoms with E-state index in [0.717, 1.165) is 32.4 Å². The van der Waals surface area contributed by atoms with Crippen LogP contribution in [0.15, 0.2) is 24.3 Å². The fraction of sp³-hybridized carbons (Fsp3) is 0.667. The fourth-order valence-electron chi connectivity index (χ4n) is 3.08. The Kier molecular flexibility index (Phi) is 7.25. The standard InChI is InChI=1S/C18H31NO/c1-6-18(7-2,20-9-4)17(19-8-3)14-16-13-11-10-12-15(16)5/h10-13,17,19H,6-9,14H2,1-5H3. The number of aryl methyl sites for hydroxylation is 1. The Balaban J connectivity index is 3.00. The highest BCUT2D eigenvalue weighted by Crippen LogP contribution is 2.28. The summed E-state index contributed by atoms with van der Waals surface area (Å²) >= 11 is 0. The van der Waals surface area contributed by atoms with Crippen molar-refractivity contribution in [2.24, 2.45) is 0 Å². The quantitative estimate of drug-likeness (QED) is 0.733. The van der Waals surface area contributed by atoms with E-state index in [4.69, 9.17) is 4.74 Å². The van der Waals surface area contributed by atoms with Gasteiger partial charge < -0.3 is 10.1 Å². The number of likely N-dealkylation sites (N-methyl/N-ethyl adjacent to an activating group) is 1. The van der Waals surface area contributed by atoms with Crippen molar-refractivity contribution in [2.75, 3.05) is 13.2 Å². The molecule has 0 aliphatic rings. The SMILES string of the molecule is CCNC(Cc1ccccc1C)C(CC)(CC)OCC. The Morgan fingerprint density at radius 1 is 1.10 bits per heavy atom. The van der Waals surface area contributed by atoms with E-state index in [2.05, 4.69) is 64.2 Å². The monoisotopic (exact) mass is 277 g/mol. The number of ether oxygens (including phenoxy) is 1. The Hall–Kier alpha value is -0.860. The van der Waals surface area contributed by atoms with Gasteiger partial charge in [-0.25, -0.2) is 0 Å². The molecule has 0 radical (unpaired) electrons. The van der Waals surface area contributed by atoms with Crippen LogP contribution in [-0.4, -0.2) is 24.8 Å². The van der Waals surface area contributed by atoms with Gasteiger partial charge in [-0.1, -0.05) is 45.0 Å². The summed E-state index contributed by atoms with van der Waals surface area (Å²) in [5, 5.41) is 3.66. The molecule has 0 aromatic heterocycles. The van der Waals surface area contributed by atoms with Gasteiger partial charge in [-0.05, 0) is 50.8 Å². The molecule has 1 unspecified atom stereocenters. The van der Waals surface area contributed by atoms with Crippen LogP contribution in [0.25, 0.3) is 0 Å². The molecular weight excluding hydrogens is 246 g/mol. The topological polar surface area (TPSA) is 21.3 Å². The minimum absolute atomic E-state index is 0.0625. The van der Waals surface area contributed by atoms with Crippen molar-refractivity contribution >= 4 is 0 Å². The Bertz CT molecular complexity index is 385. The maximum Gasteiger partial charge on any atom is 0.0832 e. The zero-order valence-corrected chi connectivity index (χ0v) is 13.8. The highest BCUT2D eigenvalue weighted by Gasteiger charge is 2.36. The van der Waals surface area contributed by atoms with Crippen molar-refractivity contribution in [3.8, 4) is 0 Å². The molecule has 20 heavy (non-hydrogen) atoms. The third-order valence-electron chi connectivity index (χ3n) is 4.40. The van der Waals surface area contributed by atoms with E-state index in [-0.39, 0.29) is 5.60 Å². The molecule has 2 nitrogen and oxygen atoms in total. The summed E-state index contributed by atoms with van der Waals surface area (Å²) in [6.45, 7) is 12.7. The summed E-state index contributed by atoms with van der Waals surface area (Å²) in [6.07, 6.45) is 3.12. The number of rotatable bonds is 9. The molecule has 1 atom stereocenters. The highest BCUT2D eigenvalue weighted by atomic mass is 16.5. The molecule has 1 N–H and O–H groups in total. The Morgan fingerprint density at radius 2 is 1.75 bits per heavy atom. The molecule has 0 saturated carbocycles. The normalized spacial score (nSPS) is 13.4. The van der Waals surface area contributed by atoms with E-state index < -0.39 is 0 Å². The summed E-state index contributed by atoms with van der Waals surface area (Å²) in [5.74, 6) is 0. The molecule has 0 aliphatic carbocycles. The first-order valence-corrected chi connectivity index (χ1v) is 8.05. The second-order valence-corrected chi connectivity index (χ2v) is 5.45. The van der Waals surface area contributed by atoms with Crippen molar-refractivity contribution < 1.29 is 4.74 Å². The van der Waals surface area contributed by atoms with Crippen LogP contribution in [0.1, 0.15) is 51.7 Å². The van der Waals surface area contributed by atoms with Crippen LogP contribution in [0, 0.1) is 6.92 Å². The third-order valence-corrected chi connectivity index (χ3v) is 4.40. The van der Waals surface area contributed by atoms with Crippen LogP contribution < -0.4 is 5.32 Å². The zero-order chi connectivity index (χ0) is 15.0. The molecular formula is C18H31NO. The van der Waals surface area contributed by atoms with Crippen LogP contribution in [0.2, 0.25) is 0 Å². The van der Waals surface area contributed by atoms with Crippen LogP contribution in [0.4, 0.5) is 0 Å². The lowest BCUT2D eigenvalue weighted by atomic mass is 9.83. The van der Waals surface area contributed by atoms with Gasteiger partial charge in [0.05, 0.1) is 5.60 Å². The lowest BCUT2D eigenvalue weighted by Crippen LogP contribution is -2.53. The van der Waals surface area contributed by atoms with Gasteiger partial charge >= 0.3 is 0 Å². The van der Waals surface area contributed by atoms with Gasteiger partial charge in [-0.2, -0.15) is 0 Å². The molecule has 0 spiro atoms. The smallest absolute Gasteiger partial charge is 0.0832 e. The largest absolute Gasteiger partial charge is 0.374 e. The van der Waals surface area contributed by atoms with Crippen molar-refractivity contribution in [1.29, 1.82) is 0 Å². The maximum absolute atomic E-state index is 6.19. The second kappa shape index (κ2) is 8.43. The molecule has 1 rings (SSSR count). The summed E-state index contributed by atoms with van der Waals surface area (Å²) in [5.41, 5.74) is 2.73. The van der Waals surface area contributed by atoms with Gasteiger partial charge in [0.15, 0.2) is 0 Å². The zero-order valence-electron chi connectivity index (χ0n) is 13.8. The van der Waals surface area contributed by atoms with Gasteiger partial charge in [0.2, 0.25) is 0 Å². The summed E-state index contributed by atoms with van der Waals surface area (Å²) in [4.78, 5) is 0. The minimum atomic E-state index is -0.0625. The number of nitrogens with one attached hydrogen (secondary N) is 1. The summed E-state index contributed by atoms with van der Waals surface area (Å²) < 4.78 is 6.19. The second-order valence-electron chi connectivity index (χ2n) is 5.45. The van der Waals surface area contributed by atoms with Gasteiger partial charge in [-0.3, -0.25) is 0 Å². The first-order valence-electron chi connectivity index (χ1n) is 8.05. The Morgan fingerprint density at radius 3 is 2.25 bits per heavy atom. The summed E-state index contributed by atoms with van der Waals surface area (Å²) in [7, 11) is 0. The van der Waals surface area contributed by atoms with E-state index in [1.54, 1.807) is 0 Å². The average Bonchev–Trinajstić information content (AvgIpc) is 2.47. The van der Waals surface area contributed by atoms with Crippen LogP contribution in [0.5, 0.6) is 0 Å². The molecule has 0 aliphatic heterocycles. The Labute approximate surface area is 124 Å². The molecule has 114 valence electrons. The van der Waals surface area contributed by atoms with E-state index >= 15 is 0 Å². The van der Waals surface area contributed by atoms with Crippen molar-refractivity contribution in [1.82, 2.24) is 5.32 Å². The minimum Gasteiger partial charge on any atom is -0.374 e. The first-order chi connectivity index (χ1) is 9.63. The predicted molar refractivity (Wildman–Crippen MR) is 87.3 cm³/mol. The van der Waals surface area contributed by atoms with Crippen molar-refractivity contribution in [3.05, 3.63) is 35.4 Å². The number of hydrogen-bond acceptors (Lipinski definition) is 2. The van der Waals surface area contributed by atoms with E-state index in [9.17, 15) is 0 Å². The van der Waals surface area contributed by atoms with Crippen LogP contribution in [-0.2, 0) is 11.2 Å². The predicted octanol–water partition coefficient (Wildman–Crippen LogP) is 4.11. The third kappa shape index (κ3) is 4.07. The van der Waals surface area contributed by atoms with Crippen LogP contribution in [0.3, 0.4) is 0 Å². The lowest BCUT2D eigenvalue weighted by Gasteiger charge is -2.40. The average molecular weight is 277 g/mol. The fourth-order valence-corrected chi connectivity index (χ4v) is 3.08. The van der Waals surface area contributed by atoms with E-state index in [1.165, 1.54) is 11.1 Å². The lowest BCUT2D eigenvalue weighted by molar-refractivity contribution is -0.0716. The van der Waals surface area contributed by atoms with Gasteiger partial charge in [0.25, 0.3) is 0 Å². The van der Waals surface area contributed by atoms with E-state index in [1.807, 2.05) is 0 Å². The van der Waals surface area contributed by atoms with Crippen molar-refractivity contribution in [2.45, 2.75) is 65.5 Å². The van der Waals surface area contributed by atoms with Crippen molar-refractivity contribution in [3.63, 3.8) is 0 Å². The highest BCUT2D eigenvalue weighted by molar-refractivity contribution is 5.27. The molecule has 0 saturated heterocycles. The number of hydrogen-bond donors (Lipinski definition) is 1. The molecule has 1 aromatic rings. The van der Waals surface area contributed by atoms with E-state index in [0.29, 0.717) is 6.04 Å². The maximum atomic E-state index is 6.19. The molecule has 2 heteroatoms. The van der Waals surface area contributed by atoms with Gasteiger partial charge in [-0.15, -0.1) is 0 Å². The summed E-state index contributed by atoms with van der Waals surface area (Å²) in [6, 6.07) is 9.03. The molecule has 0 bridgehead atoms. The van der Waals surface area contributed by atoms with Gasteiger partial charge in [0, 0.05) is 12.6 Å². The first kappa shape index (κ1) is 17.2. The molecule has 1 aromatic carbocycles. The van der Waals surface area contributed by atoms with Crippen LogP contribution >= 0.6 is 0 Å². The molecule has 0 fully saturated rings. The molecule has 0 heterocycles.